The molecule has 2 aromatic rings. The number of anilines is 1. The molecule has 1 aliphatic carbocycles. The van der Waals surface area contributed by atoms with Crippen molar-refractivity contribution in [2.45, 2.75) is 31.4 Å². The molecule has 1 saturated carbocycles. The molecule has 1 aromatic heterocycles. The third kappa shape index (κ3) is 2.55. The number of aromatic nitrogens is 2. The molecule has 4 rings (SSSR count). The van der Waals surface area contributed by atoms with E-state index in [1.807, 2.05) is 6.20 Å². The molecule has 2 heterocycles. The van der Waals surface area contributed by atoms with Crippen LogP contribution < -0.4 is 4.90 Å². The van der Waals surface area contributed by atoms with Crippen molar-refractivity contribution in [1.29, 1.82) is 0 Å². The molecule has 2 aliphatic rings. The number of benzene rings is 1. The average Bonchev–Trinajstić information content (AvgIpc) is 3.01. The van der Waals surface area contributed by atoms with Crippen LogP contribution in [-0.2, 0) is 0 Å². The molecule has 1 N–H and O–H groups in total. The number of fused-ring (bicyclic) bond motifs is 1. The Morgan fingerprint density at radius 2 is 1.95 bits per heavy atom. The SMILES string of the molecule is OC1CCCC1N1CCN(c2ccc3ncncc3c2)CC1. The van der Waals surface area contributed by atoms with Crippen molar-refractivity contribution >= 4 is 16.6 Å². The molecule has 1 saturated heterocycles. The van der Waals surface area contributed by atoms with Gasteiger partial charge in [-0.3, -0.25) is 4.90 Å². The number of piperazine rings is 1. The molecule has 0 radical (unpaired) electrons. The molecule has 2 unspecified atom stereocenters. The van der Waals surface area contributed by atoms with E-state index in [9.17, 15) is 5.11 Å². The van der Waals surface area contributed by atoms with Crippen LogP contribution in [0.2, 0.25) is 0 Å². The smallest absolute Gasteiger partial charge is 0.116 e. The number of aliphatic hydroxyl groups excluding tert-OH is 1. The molecule has 2 atom stereocenters. The highest BCUT2D eigenvalue weighted by atomic mass is 16.3. The number of aliphatic hydroxyl groups is 1. The zero-order valence-electron chi connectivity index (χ0n) is 12.7. The predicted octanol–water partition coefficient (Wildman–Crippen LogP) is 1.67. The van der Waals surface area contributed by atoms with Crippen LogP contribution >= 0.6 is 0 Å². The second-order valence-corrected chi connectivity index (χ2v) is 6.35. The Morgan fingerprint density at radius 3 is 2.73 bits per heavy atom. The Balaban J connectivity index is 1.46. The first-order valence-electron chi connectivity index (χ1n) is 8.18. The van der Waals surface area contributed by atoms with Crippen LogP contribution in [0.3, 0.4) is 0 Å². The molecule has 22 heavy (non-hydrogen) atoms. The molecule has 1 aromatic carbocycles. The highest BCUT2D eigenvalue weighted by Crippen LogP contribution is 2.27. The zero-order valence-corrected chi connectivity index (χ0v) is 12.7. The summed E-state index contributed by atoms with van der Waals surface area (Å²) in [5.41, 5.74) is 2.24. The van der Waals surface area contributed by atoms with Crippen LogP contribution in [0.15, 0.2) is 30.7 Å². The minimum atomic E-state index is -0.121. The van der Waals surface area contributed by atoms with Gasteiger partial charge in [-0.25, -0.2) is 9.97 Å². The maximum absolute atomic E-state index is 10.1. The monoisotopic (exact) mass is 298 g/mol. The molecule has 5 nitrogen and oxygen atoms in total. The standard InChI is InChI=1S/C17H22N4O/c22-17-3-1-2-16(17)21-8-6-20(7-9-21)14-4-5-15-13(10-14)11-18-12-19-15/h4-5,10-12,16-17,22H,1-3,6-9H2. The highest BCUT2D eigenvalue weighted by molar-refractivity contribution is 5.81. The van der Waals surface area contributed by atoms with Crippen molar-refractivity contribution < 1.29 is 5.11 Å². The van der Waals surface area contributed by atoms with Gasteiger partial charge in [0.05, 0.1) is 11.6 Å². The van der Waals surface area contributed by atoms with Crippen LogP contribution in [-0.4, -0.2) is 58.3 Å². The Bertz CT molecular complexity index is 654. The van der Waals surface area contributed by atoms with E-state index < -0.39 is 0 Å². The van der Waals surface area contributed by atoms with Crippen molar-refractivity contribution in [3.05, 3.63) is 30.7 Å². The van der Waals surface area contributed by atoms with Crippen molar-refractivity contribution in [3.8, 4) is 0 Å². The van der Waals surface area contributed by atoms with Crippen molar-refractivity contribution in [1.82, 2.24) is 14.9 Å². The quantitative estimate of drug-likeness (QED) is 0.914. The summed E-state index contributed by atoms with van der Waals surface area (Å²) >= 11 is 0. The van der Waals surface area contributed by atoms with Gasteiger partial charge in [-0.1, -0.05) is 0 Å². The third-order valence-corrected chi connectivity index (χ3v) is 5.08. The Hall–Kier alpha value is -1.72. The van der Waals surface area contributed by atoms with Gasteiger partial charge in [-0.2, -0.15) is 0 Å². The summed E-state index contributed by atoms with van der Waals surface area (Å²) < 4.78 is 0. The Morgan fingerprint density at radius 1 is 1.09 bits per heavy atom. The van der Waals surface area contributed by atoms with E-state index in [1.165, 1.54) is 5.69 Å². The van der Waals surface area contributed by atoms with E-state index in [0.29, 0.717) is 6.04 Å². The predicted molar refractivity (Wildman–Crippen MR) is 87.0 cm³/mol. The molecule has 0 amide bonds. The van der Waals surface area contributed by atoms with Crippen molar-refractivity contribution in [2.24, 2.45) is 0 Å². The maximum atomic E-state index is 10.1. The van der Waals surface area contributed by atoms with Gasteiger partial charge in [-0.15, -0.1) is 0 Å². The van der Waals surface area contributed by atoms with Crippen molar-refractivity contribution in [2.75, 3.05) is 31.1 Å². The van der Waals surface area contributed by atoms with Crippen LogP contribution in [0.1, 0.15) is 19.3 Å². The number of hydrogen-bond acceptors (Lipinski definition) is 5. The van der Waals surface area contributed by atoms with E-state index in [1.54, 1.807) is 6.33 Å². The minimum absolute atomic E-state index is 0.121. The van der Waals surface area contributed by atoms with Gasteiger partial charge in [-0.05, 0) is 37.5 Å². The van der Waals surface area contributed by atoms with E-state index in [-0.39, 0.29) is 6.10 Å². The van der Waals surface area contributed by atoms with Gasteiger partial charge in [0.15, 0.2) is 0 Å². The molecule has 1 aliphatic heterocycles. The average molecular weight is 298 g/mol. The highest BCUT2D eigenvalue weighted by Gasteiger charge is 2.32. The number of nitrogens with zero attached hydrogens (tertiary/aromatic N) is 4. The normalized spacial score (nSPS) is 26.7. The van der Waals surface area contributed by atoms with Crippen LogP contribution in [0.4, 0.5) is 5.69 Å². The molecule has 116 valence electrons. The van der Waals surface area contributed by atoms with Gasteiger partial charge in [0.25, 0.3) is 0 Å². The summed E-state index contributed by atoms with van der Waals surface area (Å²) in [4.78, 5) is 13.3. The summed E-state index contributed by atoms with van der Waals surface area (Å²) in [6.45, 7) is 4.10. The van der Waals surface area contributed by atoms with Crippen molar-refractivity contribution in [3.63, 3.8) is 0 Å². The largest absolute Gasteiger partial charge is 0.391 e. The fourth-order valence-electron chi connectivity index (χ4n) is 3.83. The van der Waals surface area contributed by atoms with E-state index in [0.717, 1.165) is 56.3 Å². The van der Waals surface area contributed by atoms with E-state index in [2.05, 4.69) is 38.0 Å². The summed E-state index contributed by atoms with van der Waals surface area (Å²) in [6.07, 6.45) is 6.62. The Kier molecular flexibility index (Phi) is 3.68. The maximum Gasteiger partial charge on any atom is 0.116 e. The van der Waals surface area contributed by atoms with Gasteiger partial charge in [0.1, 0.15) is 6.33 Å². The van der Waals surface area contributed by atoms with E-state index in [4.69, 9.17) is 0 Å². The fraction of sp³-hybridized carbons (Fsp3) is 0.529. The summed E-state index contributed by atoms with van der Waals surface area (Å²) in [7, 11) is 0. The van der Waals surface area contributed by atoms with Gasteiger partial charge < -0.3 is 10.0 Å². The lowest BCUT2D eigenvalue weighted by Crippen LogP contribution is -2.52. The molecule has 0 bridgehead atoms. The van der Waals surface area contributed by atoms with Crippen LogP contribution in [0.25, 0.3) is 10.9 Å². The minimum Gasteiger partial charge on any atom is -0.391 e. The lowest BCUT2D eigenvalue weighted by atomic mass is 10.1. The first-order valence-corrected chi connectivity index (χ1v) is 8.18. The lowest BCUT2D eigenvalue weighted by Gasteiger charge is -2.40. The summed E-state index contributed by atoms with van der Waals surface area (Å²) in [6, 6.07) is 6.77. The van der Waals surface area contributed by atoms with Gasteiger partial charge >= 0.3 is 0 Å². The van der Waals surface area contributed by atoms with Crippen LogP contribution in [0, 0.1) is 0 Å². The summed E-state index contributed by atoms with van der Waals surface area (Å²) in [5.74, 6) is 0. The van der Waals surface area contributed by atoms with E-state index >= 15 is 0 Å². The first-order chi connectivity index (χ1) is 10.8. The number of rotatable bonds is 2. The topological polar surface area (TPSA) is 52.5 Å². The molecular weight excluding hydrogens is 276 g/mol. The van der Waals surface area contributed by atoms with Gasteiger partial charge in [0, 0.05) is 49.5 Å². The summed E-state index contributed by atoms with van der Waals surface area (Å²) in [5, 5.41) is 11.2. The molecule has 0 spiro atoms. The lowest BCUT2D eigenvalue weighted by molar-refractivity contribution is 0.0671. The zero-order chi connectivity index (χ0) is 14.9. The van der Waals surface area contributed by atoms with Crippen LogP contribution in [0.5, 0.6) is 0 Å². The third-order valence-electron chi connectivity index (χ3n) is 5.08. The second kappa shape index (κ2) is 5.82. The molecular formula is C17H22N4O. The first kappa shape index (κ1) is 13.9. The van der Waals surface area contributed by atoms with Gasteiger partial charge in [0.2, 0.25) is 0 Å². The number of hydrogen-bond donors (Lipinski definition) is 1. The fourth-order valence-corrected chi connectivity index (χ4v) is 3.83. The molecule has 2 fully saturated rings. The molecule has 5 heteroatoms. The second-order valence-electron chi connectivity index (χ2n) is 6.35. The Labute approximate surface area is 130 Å².